The predicted molar refractivity (Wildman–Crippen MR) is 184 cm³/mol. The van der Waals surface area contributed by atoms with Crippen molar-refractivity contribution < 1.29 is 9.90 Å². The van der Waals surface area contributed by atoms with E-state index in [1.54, 1.807) is 5.57 Å². The second-order valence-electron chi connectivity index (χ2n) is 13.6. The monoisotopic (exact) mass is 580 g/mol. The minimum atomic E-state index is -0.988. The van der Waals surface area contributed by atoms with Gasteiger partial charge in [0.2, 0.25) is 0 Å². The largest absolute Gasteiger partial charge is 0.478 e. The van der Waals surface area contributed by atoms with Crippen LogP contribution in [0.15, 0.2) is 96.4 Å². The van der Waals surface area contributed by atoms with Crippen molar-refractivity contribution in [2.75, 3.05) is 0 Å². The number of carboxylic acids is 1. The fourth-order valence-corrected chi connectivity index (χ4v) is 8.32. The first-order valence-corrected chi connectivity index (χ1v) is 15.8. The number of fused-ring (bicyclic) bond motifs is 5. The molecule has 2 aliphatic carbocycles. The van der Waals surface area contributed by atoms with E-state index in [9.17, 15) is 9.90 Å². The quantitative estimate of drug-likeness (QED) is 0.215. The first kappa shape index (κ1) is 27.6. The molecular formula is C40H36O2S. The summed E-state index contributed by atoms with van der Waals surface area (Å²) in [5.41, 5.74) is 12.0. The molecule has 0 saturated heterocycles. The molecule has 2 aliphatic rings. The van der Waals surface area contributed by atoms with Gasteiger partial charge in [0.1, 0.15) is 0 Å². The Labute approximate surface area is 257 Å². The lowest BCUT2D eigenvalue weighted by atomic mass is 9.64. The van der Waals surface area contributed by atoms with Gasteiger partial charge in [-0.2, -0.15) is 0 Å². The van der Waals surface area contributed by atoms with Crippen LogP contribution in [0.1, 0.15) is 62.1 Å². The summed E-state index contributed by atoms with van der Waals surface area (Å²) in [7, 11) is 0. The molecule has 0 aliphatic heterocycles. The third-order valence-electron chi connectivity index (χ3n) is 9.40. The van der Waals surface area contributed by atoms with Crippen LogP contribution in [0.4, 0.5) is 0 Å². The lowest BCUT2D eigenvalue weighted by Crippen LogP contribution is -2.27. The van der Waals surface area contributed by atoms with Gasteiger partial charge in [0.05, 0.1) is 5.57 Å². The molecule has 4 aromatic carbocycles. The molecule has 0 radical (unpaired) electrons. The summed E-state index contributed by atoms with van der Waals surface area (Å²) in [5.74, 6) is -0.988. The van der Waals surface area contributed by atoms with E-state index in [0.717, 1.165) is 40.3 Å². The van der Waals surface area contributed by atoms with Crippen LogP contribution < -0.4 is 0 Å². The summed E-state index contributed by atoms with van der Waals surface area (Å²) in [5, 5.41) is 16.5. The van der Waals surface area contributed by atoms with Crippen molar-refractivity contribution in [3.8, 4) is 22.3 Å². The summed E-state index contributed by atoms with van der Waals surface area (Å²) in [6.45, 7) is 15.5. The highest BCUT2D eigenvalue weighted by atomic mass is 32.1. The SMILES string of the molecule is C=C(C(=O)O)c1cc(-c2c(-c3cc4ccc5c(c4cc3C)C(C)(C)CC3=C5C=CC(C)(C)C3)ccc3ccccc23)cs1. The van der Waals surface area contributed by atoms with E-state index >= 15 is 0 Å². The number of thiophene rings is 1. The maximum atomic E-state index is 11.7. The summed E-state index contributed by atoms with van der Waals surface area (Å²) < 4.78 is 0. The van der Waals surface area contributed by atoms with Crippen molar-refractivity contribution in [2.45, 2.75) is 52.9 Å². The van der Waals surface area contributed by atoms with Gasteiger partial charge in [-0.05, 0) is 114 Å². The second kappa shape index (κ2) is 9.65. The van der Waals surface area contributed by atoms with E-state index < -0.39 is 5.97 Å². The fraction of sp³-hybridized carbons (Fsp3) is 0.225. The molecule has 3 heteroatoms. The topological polar surface area (TPSA) is 37.3 Å². The number of aryl methyl sites for hydroxylation is 1. The zero-order valence-electron chi connectivity index (χ0n) is 25.5. The van der Waals surface area contributed by atoms with Crippen LogP contribution >= 0.6 is 11.3 Å². The van der Waals surface area contributed by atoms with E-state index in [1.807, 2.05) is 6.07 Å². The fourth-order valence-electron chi connectivity index (χ4n) is 7.45. The number of hydrogen-bond acceptors (Lipinski definition) is 2. The molecular weight excluding hydrogens is 545 g/mol. The number of aliphatic carboxylic acids is 1. The van der Waals surface area contributed by atoms with Gasteiger partial charge in [-0.3, -0.25) is 0 Å². The van der Waals surface area contributed by atoms with E-state index in [4.69, 9.17) is 0 Å². The molecule has 214 valence electrons. The molecule has 0 fully saturated rings. The Morgan fingerprint density at radius 1 is 0.860 bits per heavy atom. The summed E-state index contributed by atoms with van der Waals surface area (Å²) in [6.07, 6.45) is 6.96. The molecule has 5 aromatic rings. The first-order valence-electron chi connectivity index (χ1n) is 15.0. The standard InChI is InChI=1S/C40H36O2S/c1-23-17-34-26(12-14-32-29-15-16-39(3,4)20-28(29)21-40(5,6)37(32)34)18-33(23)31-13-11-25-9-7-8-10-30(25)36(31)27-19-35(43-22-27)24(2)38(41)42/h7-19,22H,2,20-21H2,1,3-6H3,(H,41,42). The summed E-state index contributed by atoms with van der Waals surface area (Å²) >= 11 is 1.43. The van der Waals surface area contributed by atoms with Gasteiger partial charge in [0.15, 0.2) is 0 Å². The van der Waals surface area contributed by atoms with Crippen LogP contribution in [0.2, 0.25) is 0 Å². The summed E-state index contributed by atoms with van der Waals surface area (Å²) in [6, 6.07) is 24.2. The highest BCUT2D eigenvalue weighted by Crippen LogP contribution is 2.52. The van der Waals surface area contributed by atoms with Crippen LogP contribution in [0.3, 0.4) is 0 Å². The Hall–Kier alpha value is -4.21. The molecule has 43 heavy (non-hydrogen) atoms. The van der Waals surface area contributed by atoms with Crippen LogP contribution in [-0.2, 0) is 10.2 Å². The zero-order valence-corrected chi connectivity index (χ0v) is 26.3. The number of hydrogen-bond donors (Lipinski definition) is 1. The molecule has 0 atom stereocenters. The highest BCUT2D eigenvalue weighted by molar-refractivity contribution is 7.12. The van der Waals surface area contributed by atoms with Gasteiger partial charge in [-0.25, -0.2) is 4.79 Å². The van der Waals surface area contributed by atoms with Crippen LogP contribution in [0.25, 0.3) is 54.9 Å². The number of carbonyl (C=O) groups is 1. The van der Waals surface area contributed by atoms with Crippen LogP contribution in [-0.4, -0.2) is 11.1 Å². The van der Waals surface area contributed by atoms with E-state index in [1.165, 1.54) is 49.9 Å². The molecule has 0 amide bonds. The first-order chi connectivity index (χ1) is 20.4. The van der Waals surface area contributed by atoms with Crippen molar-refractivity contribution in [1.82, 2.24) is 0 Å². The van der Waals surface area contributed by atoms with Gasteiger partial charge in [0, 0.05) is 4.88 Å². The molecule has 2 nitrogen and oxygen atoms in total. The second-order valence-corrected chi connectivity index (χ2v) is 14.6. The molecule has 1 heterocycles. The Balaban J connectivity index is 1.44. The Morgan fingerprint density at radius 2 is 1.60 bits per heavy atom. The Bertz CT molecular complexity index is 2080. The van der Waals surface area contributed by atoms with Crippen molar-refractivity contribution >= 4 is 50.0 Å². The highest BCUT2D eigenvalue weighted by Gasteiger charge is 2.36. The molecule has 7 rings (SSSR count). The number of benzene rings is 4. The van der Waals surface area contributed by atoms with E-state index in [2.05, 4.69) is 119 Å². The molecule has 0 saturated carbocycles. The zero-order chi connectivity index (χ0) is 30.3. The van der Waals surface area contributed by atoms with Gasteiger partial charge < -0.3 is 5.11 Å². The maximum absolute atomic E-state index is 11.7. The van der Waals surface area contributed by atoms with E-state index in [-0.39, 0.29) is 16.4 Å². The smallest absolute Gasteiger partial charge is 0.336 e. The lowest BCUT2D eigenvalue weighted by molar-refractivity contribution is -0.130. The molecule has 0 spiro atoms. The molecule has 0 unspecified atom stereocenters. The van der Waals surface area contributed by atoms with Gasteiger partial charge in [-0.1, -0.05) is 107 Å². The number of allylic oxidation sites excluding steroid dienone is 4. The van der Waals surface area contributed by atoms with Crippen LogP contribution in [0.5, 0.6) is 0 Å². The molecule has 1 aromatic heterocycles. The van der Waals surface area contributed by atoms with E-state index in [0.29, 0.717) is 4.88 Å². The molecule has 0 bridgehead atoms. The van der Waals surface area contributed by atoms with Crippen LogP contribution in [0, 0.1) is 12.3 Å². The Kier molecular flexibility index (Phi) is 6.20. The maximum Gasteiger partial charge on any atom is 0.336 e. The molecule has 1 N–H and O–H groups in total. The van der Waals surface area contributed by atoms with Gasteiger partial charge in [0.25, 0.3) is 0 Å². The predicted octanol–water partition coefficient (Wildman–Crippen LogP) is 11.2. The third-order valence-corrected chi connectivity index (χ3v) is 10.4. The number of carboxylic acid groups (broad SMARTS) is 1. The van der Waals surface area contributed by atoms with Crippen molar-refractivity contribution in [3.05, 3.63) is 118 Å². The lowest BCUT2D eigenvalue weighted by Gasteiger charge is -2.40. The Morgan fingerprint density at radius 3 is 2.40 bits per heavy atom. The van der Waals surface area contributed by atoms with Gasteiger partial charge in [-0.15, -0.1) is 11.3 Å². The third kappa shape index (κ3) is 4.49. The van der Waals surface area contributed by atoms with Crippen molar-refractivity contribution in [2.24, 2.45) is 5.41 Å². The minimum Gasteiger partial charge on any atom is -0.478 e. The summed E-state index contributed by atoms with van der Waals surface area (Å²) in [4.78, 5) is 12.4. The normalized spacial score (nSPS) is 16.8. The van der Waals surface area contributed by atoms with Gasteiger partial charge >= 0.3 is 5.97 Å². The average Bonchev–Trinajstić information content (AvgIpc) is 3.44. The average molecular weight is 581 g/mol. The van der Waals surface area contributed by atoms with Crippen molar-refractivity contribution in [3.63, 3.8) is 0 Å². The minimum absolute atomic E-state index is 0.0383. The van der Waals surface area contributed by atoms with Crippen molar-refractivity contribution in [1.29, 1.82) is 0 Å². The number of rotatable bonds is 4.